The molecule has 1 atom stereocenters. The zero-order valence-electron chi connectivity index (χ0n) is 12.1. The average molecular weight is 273 g/mol. The fourth-order valence-electron chi connectivity index (χ4n) is 3.20. The summed E-state index contributed by atoms with van der Waals surface area (Å²) in [5, 5.41) is 14.3. The van der Waals surface area contributed by atoms with Crippen molar-refractivity contribution >= 4 is 11.0 Å². The molecule has 1 unspecified atom stereocenters. The van der Waals surface area contributed by atoms with Gasteiger partial charge in [-0.15, -0.1) is 0 Å². The average Bonchev–Trinajstić information content (AvgIpc) is 3.12. The van der Waals surface area contributed by atoms with Crippen molar-refractivity contribution in [2.24, 2.45) is 5.41 Å². The molecule has 0 radical (unpaired) electrons. The SMILES string of the molecule is CC(NCC1(CO)CCCC1)c1cc2ccccc2o1. The molecule has 1 aliphatic carbocycles. The van der Waals surface area contributed by atoms with Crippen molar-refractivity contribution in [3.63, 3.8) is 0 Å². The lowest BCUT2D eigenvalue weighted by Gasteiger charge is -2.28. The van der Waals surface area contributed by atoms with Crippen LogP contribution in [0.3, 0.4) is 0 Å². The largest absolute Gasteiger partial charge is 0.459 e. The van der Waals surface area contributed by atoms with Crippen LogP contribution in [0.15, 0.2) is 34.7 Å². The Morgan fingerprint density at radius 1 is 1.30 bits per heavy atom. The highest BCUT2D eigenvalue weighted by Gasteiger charge is 2.33. The van der Waals surface area contributed by atoms with Gasteiger partial charge < -0.3 is 14.8 Å². The summed E-state index contributed by atoms with van der Waals surface area (Å²) >= 11 is 0. The van der Waals surface area contributed by atoms with E-state index in [1.165, 1.54) is 12.8 Å². The fraction of sp³-hybridized carbons (Fsp3) is 0.529. The highest BCUT2D eigenvalue weighted by molar-refractivity contribution is 5.77. The molecule has 1 aliphatic rings. The smallest absolute Gasteiger partial charge is 0.134 e. The number of rotatable bonds is 5. The van der Waals surface area contributed by atoms with Gasteiger partial charge in [0.05, 0.1) is 6.04 Å². The highest BCUT2D eigenvalue weighted by atomic mass is 16.3. The van der Waals surface area contributed by atoms with Gasteiger partial charge in [0.25, 0.3) is 0 Å². The number of hydrogen-bond acceptors (Lipinski definition) is 3. The van der Waals surface area contributed by atoms with Crippen molar-refractivity contribution in [2.45, 2.75) is 38.6 Å². The second-order valence-corrected chi connectivity index (χ2v) is 6.15. The van der Waals surface area contributed by atoms with Crippen molar-refractivity contribution in [1.29, 1.82) is 0 Å². The Morgan fingerprint density at radius 3 is 2.75 bits per heavy atom. The van der Waals surface area contributed by atoms with Crippen LogP contribution < -0.4 is 5.32 Å². The molecule has 2 aromatic rings. The third kappa shape index (κ3) is 2.60. The standard InChI is InChI=1S/C17H23NO2/c1-13(18-11-17(12-19)8-4-5-9-17)16-10-14-6-2-3-7-15(14)20-16/h2-3,6-7,10,13,18-19H,4-5,8-9,11-12H2,1H3. The minimum atomic E-state index is 0.0836. The topological polar surface area (TPSA) is 45.4 Å². The second kappa shape index (κ2) is 5.58. The van der Waals surface area contributed by atoms with E-state index in [0.717, 1.165) is 36.1 Å². The molecule has 20 heavy (non-hydrogen) atoms. The highest BCUT2D eigenvalue weighted by Crippen LogP contribution is 2.37. The first-order valence-electron chi connectivity index (χ1n) is 7.55. The van der Waals surface area contributed by atoms with E-state index >= 15 is 0 Å². The van der Waals surface area contributed by atoms with E-state index in [-0.39, 0.29) is 18.1 Å². The molecule has 1 aromatic heterocycles. The quantitative estimate of drug-likeness (QED) is 0.874. The Bertz CT molecular complexity index is 536. The summed E-state index contributed by atoms with van der Waals surface area (Å²) in [6.07, 6.45) is 4.73. The van der Waals surface area contributed by atoms with Crippen molar-refractivity contribution in [3.8, 4) is 0 Å². The molecule has 0 amide bonds. The van der Waals surface area contributed by atoms with Gasteiger partial charge in [0.2, 0.25) is 0 Å². The molecule has 1 fully saturated rings. The maximum absolute atomic E-state index is 9.65. The van der Waals surface area contributed by atoms with Crippen LogP contribution in [0.5, 0.6) is 0 Å². The van der Waals surface area contributed by atoms with Gasteiger partial charge in [-0.05, 0) is 31.9 Å². The van der Waals surface area contributed by atoms with Crippen LogP contribution in [0.25, 0.3) is 11.0 Å². The lowest BCUT2D eigenvalue weighted by atomic mass is 9.87. The molecule has 3 nitrogen and oxygen atoms in total. The molecule has 0 spiro atoms. The van der Waals surface area contributed by atoms with Crippen molar-refractivity contribution < 1.29 is 9.52 Å². The predicted molar refractivity (Wildman–Crippen MR) is 80.6 cm³/mol. The molecule has 3 heteroatoms. The van der Waals surface area contributed by atoms with Gasteiger partial charge in [-0.3, -0.25) is 0 Å². The second-order valence-electron chi connectivity index (χ2n) is 6.15. The van der Waals surface area contributed by atoms with Crippen LogP contribution in [0, 0.1) is 5.41 Å². The van der Waals surface area contributed by atoms with Gasteiger partial charge >= 0.3 is 0 Å². The van der Waals surface area contributed by atoms with E-state index < -0.39 is 0 Å². The zero-order chi connectivity index (χ0) is 14.0. The molecule has 3 rings (SSSR count). The molecular weight excluding hydrogens is 250 g/mol. The summed E-state index contributed by atoms with van der Waals surface area (Å²) < 4.78 is 5.89. The van der Waals surface area contributed by atoms with Gasteiger partial charge in [-0.25, -0.2) is 0 Å². The first-order chi connectivity index (χ1) is 9.72. The van der Waals surface area contributed by atoms with E-state index in [9.17, 15) is 5.11 Å². The first kappa shape index (κ1) is 13.7. The lowest BCUT2D eigenvalue weighted by Crippen LogP contribution is -2.36. The molecule has 0 saturated heterocycles. The van der Waals surface area contributed by atoms with E-state index in [2.05, 4.69) is 24.4 Å². The maximum Gasteiger partial charge on any atom is 0.134 e. The monoisotopic (exact) mass is 273 g/mol. The Morgan fingerprint density at radius 2 is 2.05 bits per heavy atom. The summed E-state index contributed by atoms with van der Waals surface area (Å²) in [6.45, 7) is 3.27. The number of para-hydroxylation sites is 1. The van der Waals surface area contributed by atoms with Crippen molar-refractivity contribution in [3.05, 3.63) is 36.1 Å². The normalized spacial score (nSPS) is 19.5. The summed E-state index contributed by atoms with van der Waals surface area (Å²) in [5.41, 5.74) is 1.02. The Hall–Kier alpha value is -1.32. The van der Waals surface area contributed by atoms with E-state index in [1.807, 2.05) is 18.2 Å². The van der Waals surface area contributed by atoms with Gasteiger partial charge in [0.1, 0.15) is 11.3 Å². The van der Waals surface area contributed by atoms with Crippen LogP contribution in [-0.4, -0.2) is 18.3 Å². The summed E-state index contributed by atoms with van der Waals surface area (Å²) in [6, 6.07) is 10.4. The molecule has 108 valence electrons. The predicted octanol–water partition coefficient (Wildman–Crippen LogP) is 3.64. The van der Waals surface area contributed by atoms with Crippen molar-refractivity contribution in [2.75, 3.05) is 13.2 Å². The van der Waals surface area contributed by atoms with Crippen LogP contribution >= 0.6 is 0 Å². The summed E-state index contributed by atoms with van der Waals surface area (Å²) in [7, 11) is 0. The molecule has 1 heterocycles. The number of nitrogens with one attached hydrogen (secondary N) is 1. The van der Waals surface area contributed by atoms with E-state index in [4.69, 9.17) is 4.42 Å². The first-order valence-corrected chi connectivity index (χ1v) is 7.55. The number of furan rings is 1. The van der Waals surface area contributed by atoms with Crippen LogP contribution in [0.1, 0.15) is 44.4 Å². The van der Waals surface area contributed by atoms with Gasteiger partial charge in [0.15, 0.2) is 0 Å². The van der Waals surface area contributed by atoms with Gasteiger partial charge in [0, 0.05) is 24.0 Å². The Balaban J connectivity index is 1.68. The van der Waals surface area contributed by atoms with Crippen LogP contribution in [-0.2, 0) is 0 Å². The molecule has 1 aromatic carbocycles. The Labute approximate surface area is 120 Å². The lowest BCUT2D eigenvalue weighted by molar-refractivity contribution is 0.124. The Kier molecular flexibility index (Phi) is 3.81. The number of aliphatic hydroxyl groups excluding tert-OH is 1. The molecule has 2 N–H and O–H groups in total. The van der Waals surface area contributed by atoms with Crippen molar-refractivity contribution in [1.82, 2.24) is 5.32 Å². The van der Waals surface area contributed by atoms with E-state index in [1.54, 1.807) is 0 Å². The fourth-order valence-corrected chi connectivity index (χ4v) is 3.20. The molecule has 0 aliphatic heterocycles. The summed E-state index contributed by atoms with van der Waals surface area (Å²) in [4.78, 5) is 0. The third-order valence-electron chi connectivity index (χ3n) is 4.65. The maximum atomic E-state index is 9.65. The molecular formula is C17H23NO2. The van der Waals surface area contributed by atoms with Crippen LogP contribution in [0.2, 0.25) is 0 Å². The number of aliphatic hydroxyl groups is 1. The van der Waals surface area contributed by atoms with E-state index in [0.29, 0.717) is 0 Å². The molecule has 0 bridgehead atoms. The zero-order valence-corrected chi connectivity index (χ0v) is 12.1. The van der Waals surface area contributed by atoms with Gasteiger partial charge in [-0.1, -0.05) is 31.0 Å². The van der Waals surface area contributed by atoms with Gasteiger partial charge in [-0.2, -0.15) is 0 Å². The number of fused-ring (bicyclic) bond motifs is 1. The minimum absolute atomic E-state index is 0.0836. The number of benzene rings is 1. The number of hydrogen-bond donors (Lipinski definition) is 2. The third-order valence-corrected chi connectivity index (χ3v) is 4.65. The molecule has 1 saturated carbocycles. The van der Waals surface area contributed by atoms with Crippen LogP contribution in [0.4, 0.5) is 0 Å². The summed E-state index contributed by atoms with van der Waals surface area (Å²) in [5.74, 6) is 0.970. The minimum Gasteiger partial charge on any atom is -0.459 e.